The van der Waals surface area contributed by atoms with Crippen LogP contribution in [0.15, 0.2) is 0 Å². The highest BCUT2D eigenvalue weighted by Crippen LogP contribution is 2.44. The molecule has 0 aliphatic heterocycles. The molecule has 0 radical (unpaired) electrons. The minimum Gasteiger partial charge on any atom is -0.384 e. The Balaban J connectivity index is 2.86. The van der Waals surface area contributed by atoms with Crippen LogP contribution < -0.4 is 0 Å². The van der Waals surface area contributed by atoms with E-state index >= 15 is 0 Å². The predicted molar refractivity (Wildman–Crippen MR) is 96.9 cm³/mol. The van der Waals surface area contributed by atoms with E-state index in [1.165, 1.54) is 44.9 Å². The quantitative estimate of drug-likeness (QED) is 0.580. The molecule has 0 bridgehead atoms. The summed E-state index contributed by atoms with van der Waals surface area (Å²) in [6.45, 7) is 11.3. The smallest absolute Gasteiger partial charge is 0.0654 e. The standard InChI is InChI=1S/C20H40O3/c1-7-18(2,3)20(15-21-5,16-22-6)17-23-19(4)13-11-9-8-10-12-14-19/h7-17H2,1-6H3. The maximum absolute atomic E-state index is 6.60. The second-order valence-electron chi connectivity index (χ2n) is 8.39. The third kappa shape index (κ3) is 5.72. The maximum atomic E-state index is 6.60. The normalized spacial score (nSPS) is 20.1. The Morgan fingerprint density at radius 2 is 1.30 bits per heavy atom. The summed E-state index contributed by atoms with van der Waals surface area (Å²) in [5.41, 5.74) is 0.0185. The molecule has 138 valence electrons. The molecule has 0 spiro atoms. The van der Waals surface area contributed by atoms with Crippen molar-refractivity contribution in [2.24, 2.45) is 10.8 Å². The van der Waals surface area contributed by atoms with Crippen molar-refractivity contribution < 1.29 is 14.2 Å². The zero-order valence-corrected chi connectivity index (χ0v) is 16.5. The highest BCUT2D eigenvalue weighted by atomic mass is 16.5. The molecule has 1 fully saturated rings. The lowest BCUT2D eigenvalue weighted by molar-refractivity contribution is -0.158. The van der Waals surface area contributed by atoms with E-state index in [4.69, 9.17) is 14.2 Å². The summed E-state index contributed by atoms with van der Waals surface area (Å²) in [6, 6.07) is 0. The highest BCUT2D eigenvalue weighted by molar-refractivity contribution is 4.93. The fourth-order valence-electron chi connectivity index (χ4n) is 3.75. The molecule has 3 heteroatoms. The Bertz CT molecular complexity index is 311. The van der Waals surface area contributed by atoms with Gasteiger partial charge in [-0.3, -0.25) is 0 Å². The molecule has 0 saturated heterocycles. The Hall–Kier alpha value is -0.120. The molecule has 0 aromatic rings. The van der Waals surface area contributed by atoms with Crippen molar-refractivity contribution in [3.05, 3.63) is 0 Å². The maximum Gasteiger partial charge on any atom is 0.0654 e. The van der Waals surface area contributed by atoms with Gasteiger partial charge in [0.25, 0.3) is 0 Å². The molecule has 0 aromatic heterocycles. The van der Waals surface area contributed by atoms with E-state index in [9.17, 15) is 0 Å². The van der Waals surface area contributed by atoms with Gasteiger partial charge >= 0.3 is 0 Å². The molecule has 0 amide bonds. The van der Waals surface area contributed by atoms with Crippen molar-refractivity contribution >= 4 is 0 Å². The molecule has 0 heterocycles. The van der Waals surface area contributed by atoms with Gasteiger partial charge in [-0.15, -0.1) is 0 Å². The Labute approximate surface area is 144 Å². The lowest BCUT2D eigenvalue weighted by Gasteiger charge is -2.47. The van der Waals surface area contributed by atoms with Crippen molar-refractivity contribution in [1.82, 2.24) is 0 Å². The van der Waals surface area contributed by atoms with Crippen LogP contribution in [-0.4, -0.2) is 39.6 Å². The summed E-state index contributed by atoms with van der Waals surface area (Å²) < 4.78 is 17.8. The Morgan fingerprint density at radius 1 is 0.826 bits per heavy atom. The van der Waals surface area contributed by atoms with Gasteiger partial charge < -0.3 is 14.2 Å². The van der Waals surface area contributed by atoms with Crippen LogP contribution in [0.5, 0.6) is 0 Å². The summed E-state index contributed by atoms with van der Waals surface area (Å²) in [6.07, 6.45) is 10.1. The van der Waals surface area contributed by atoms with Crippen LogP contribution >= 0.6 is 0 Å². The van der Waals surface area contributed by atoms with Gasteiger partial charge in [-0.05, 0) is 25.2 Å². The Kier molecular flexibility index (Phi) is 8.54. The van der Waals surface area contributed by atoms with E-state index < -0.39 is 0 Å². The van der Waals surface area contributed by atoms with Gasteiger partial charge in [0.1, 0.15) is 0 Å². The van der Waals surface area contributed by atoms with E-state index in [1.807, 2.05) is 0 Å². The third-order valence-electron chi connectivity index (χ3n) is 6.27. The minimum atomic E-state index is -0.101. The first-order chi connectivity index (χ1) is 10.8. The highest BCUT2D eigenvalue weighted by Gasteiger charge is 2.46. The van der Waals surface area contributed by atoms with Crippen molar-refractivity contribution in [1.29, 1.82) is 0 Å². The summed E-state index contributed by atoms with van der Waals surface area (Å²) >= 11 is 0. The number of hydrogen-bond acceptors (Lipinski definition) is 3. The average molecular weight is 329 g/mol. The van der Waals surface area contributed by atoms with Gasteiger partial charge in [0.05, 0.1) is 25.4 Å². The summed E-state index contributed by atoms with van der Waals surface area (Å²) in [4.78, 5) is 0. The summed E-state index contributed by atoms with van der Waals surface area (Å²) in [7, 11) is 3.57. The number of rotatable bonds is 9. The molecular weight excluding hydrogens is 288 g/mol. The Morgan fingerprint density at radius 3 is 1.74 bits per heavy atom. The topological polar surface area (TPSA) is 27.7 Å². The first-order valence-corrected chi connectivity index (χ1v) is 9.47. The second-order valence-corrected chi connectivity index (χ2v) is 8.39. The summed E-state index contributed by atoms with van der Waals surface area (Å²) in [5, 5.41) is 0. The largest absolute Gasteiger partial charge is 0.384 e. The van der Waals surface area contributed by atoms with Gasteiger partial charge in [0.2, 0.25) is 0 Å². The van der Waals surface area contributed by atoms with Crippen LogP contribution in [0.4, 0.5) is 0 Å². The van der Waals surface area contributed by atoms with Crippen molar-refractivity contribution in [3.63, 3.8) is 0 Å². The number of methoxy groups -OCH3 is 2. The van der Waals surface area contributed by atoms with Crippen LogP contribution in [-0.2, 0) is 14.2 Å². The SMILES string of the molecule is CCC(C)(C)C(COC)(COC)COC1(C)CCCCCCC1. The average Bonchev–Trinajstić information content (AvgIpc) is 2.49. The van der Waals surface area contributed by atoms with Gasteiger partial charge in [0.15, 0.2) is 0 Å². The molecule has 0 N–H and O–H groups in total. The van der Waals surface area contributed by atoms with E-state index in [-0.39, 0.29) is 16.4 Å². The van der Waals surface area contributed by atoms with Crippen LogP contribution in [0, 0.1) is 10.8 Å². The van der Waals surface area contributed by atoms with Crippen molar-refractivity contribution in [2.75, 3.05) is 34.0 Å². The van der Waals surface area contributed by atoms with Crippen LogP contribution in [0.3, 0.4) is 0 Å². The third-order valence-corrected chi connectivity index (χ3v) is 6.27. The predicted octanol–water partition coefficient (Wildman–Crippen LogP) is 5.22. The van der Waals surface area contributed by atoms with Crippen LogP contribution in [0.1, 0.15) is 79.1 Å². The molecule has 23 heavy (non-hydrogen) atoms. The van der Waals surface area contributed by atoms with Crippen LogP contribution in [0.25, 0.3) is 0 Å². The molecule has 3 nitrogen and oxygen atoms in total. The van der Waals surface area contributed by atoms with Crippen LogP contribution in [0.2, 0.25) is 0 Å². The second kappa shape index (κ2) is 9.39. The fraction of sp³-hybridized carbons (Fsp3) is 1.00. The zero-order chi connectivity index (χ0) is 17.4. The van der Waals surface area contributed by atoms with E-state index in [0.717, 1.165) is 6.42 Å². The van der Waals surface area contributed by atoms with Crippen molar-refractivity contribution in [3.8, 4) is 0 Å². The molecule has 1 aliphatic carbocycles. The molecule has 1 aliphatic rings. The van der Waals surface area contributed by atoms with Gasteiger partial charge in [-0.2, -0.15) is 0 Å². The van der Waals surface area contributed by atoms with Gasteiger partial charge in [-0.25, -0.2) is 0 Å². The van der Waals surface area contributed by atoms with E-state index in [0.29, 0.717) is 19.8 Å². The summed E-state index contributed by atoms with van der Waals surface area (Å²) in [5.74, 6) is 0. The first-order valence-electron chi connectivity index (χ1n) is 9.47. The lowest BCUT2D eigenvalue weighted by Crippen LogP contribution is -2.50. The molecule has 1 saturated carbocycles. The zero-order valence-electron chi connectivity index (χ0n) is 16.5. The van der Waals surface area contributed by atoms with Crippen molar-refractivity contribution in [2.45, 2.75) is 84.7 Å². The molecule has 0 unspecified atom stereocenters. The van der Waals surface area contributed by atoms with Gasteiger partial charge in [0, 0.05) is 19.6 Å². The minimum absolute atomic E-state index is 0.0109. The molecule has 1 rings (SSSR count). The van der Waals surface area contributed by atoms with E-state index in [2.05, 4.69) is 27.7 Å². The molecule has 0 aromatic carbocycles. The van der Waals surface area contributed by atoms with E-state index in [1.54, 1.807) is 14.2 Å². The fourth-order valence-corrected chi connectivity index (χ4v) is 3.75. The molecule has 0 atom stereocenters. The monoisotopic (exact) mass is 328 g/mol. The number of ether oxygens (including phenoxy) is 3. The first kappa shape index (κ1) is 20.9. The molecular formula is C20H40O3. The lowest BCUT2D eigenvalue weighted by atomic mass is 9.65. The number of hydrogen-bond donors (Lipinski definition) is 0. The van der Waals surface area contributed by atoms with Gasteiger partial charge in [-0.1, -0.05) is 59.3 Å².